The summed E-state index contributed by atoms with van der Waals surface area (Å²) in [5, 5.41) is 23.4. The van der Waals surface area contributed by atoms with Crippen LogP contribution in [0.4, 0.5) is 0 Å². The first-order chi connectivity index (χ1) is 7.60. The Kier molecular flexibility index (Phi) is 3.62. The van der Waals surface area contributed by atoms with Gasteiger partial charge in [0.15, 0.2) is 0 Å². The van der Waals surface area contributed by atoms with Crippen molar-refractivity contribution in [2.75, 3.05) is 0 Å². The second-order valence-corrected chi connectivity index (χ2v) is 5.80. The van der Waals surface area contributed by atoms with Gasteiger partial charge in [0.05, 0.1) is 22.4 Å². The highest BCUT2D eigenvalue weighted by atomic mass is 32.1. The molecule has 4 heteroatoms. The molecule has 90 valence electrons. The number of hydrogen-bond donors (Lipinski definition) is 2. The number of thiazole rings is 1. The molecular weight excluding hydrogens is 222 g/mol. The summed E-state index contributed by atoms with van der Waals surface area (Å²) in [6.07, 6.45) is 4.45. The van der Waals surface area contributed by atoms with E-state index in [2.05, 4.69) is 4.98 Å². The van der Waals surface area contributed by atoms with Gasteiger partial charge in [-0.05, 0) is 19.8 Å². The van der Waals surface area contributed by atoms with Gasteiger partial charge in [-0.2, -0.15) is 0 Å². The van der Waals surface area contributed by atoms with E-state index in [9.17, 15) is 10.2 Å². The van der Waals surface area contributed by atoms with Gasteiger partial charge >= 0.3 is 0 Å². The van der Waals surface area contributed by atoms with Crippen molar-refractivity contribution in [2.24, 2.45) is 0 Å². The smallest absolute Gasteiger partial charge is 0.0909 e. The summed E-state index contributed by atoms with van der Waals surface area (Å²) in [6, 6.07) is 0. The minimum Gasteiger partial charge on any atom is -0.390 e. The van der Waals surface area contributed by atoms with E-state index in [1.54, 1.807) is 11.3 Å². The molecule has 2 rings (SSSR count). The van der Waals surface area contributed by atoms with Crippen LogP contribution in [-0.4, -0.2) is 26.9 Å². The van der Waals surface area contributed by atoms with Gasteiger partial charge in [-0.15, -0.1) is 11.3 Å². The molecule has 0 amide bonds. The van der Waals surface area contributed by atoms with E-state index in [-0.39, 0.29) is 0 Å². The van der Waals surface area contributed by atoms with E-state index in [0.717, 1.165) is 36.4 Å². The zero-order chi connectivity index (χ0) is 11.6. The lowest BCUT2D eigenvalue weighted by atomic mass is 9.79. The average Bonchev–Trinajstić information content (AvgIpc) is 2.65. The topological polar surface area (TPSA) is 53.4 Å². The van der Waals surface area contributed by atoms with Crippen LogP contribution in [0.5, 0.6) is 0 Å². The lowest BCUT2D eigenvalue weighted by molar-refractivity contribution is -0.0963. The van der Waals surface area contributed by atoms with Gasteiger partial charge in [0.1, 0.15) is 0 Å². The number of hydrogen-bond acceptors (Lipinski definition) is 4. The summed E-state index contributed by atoms with van der Waals surface area (Å²) >= 11 is 1.59. The van der Waals surface area contributed by atoms with E-state index in [0.29, 0.717) is 6.42 Å². The maximum atomic E-state index is 10.3. The van der Waals surface area contributed by atoms with E-state index >= 15 is 0 Å². The largest absolute Gasteiger partial charge is 0.390 e. The van der Waals surface area contributed by atoms with Crippen LogP contribution in [0.1, 0.15) is 42.8 Å². The molecule has 1 saturated carbocycles. The molecule has 0 saturated heterocycles. The lowest BCUT2D eigenvalue weighted by Crippen LogP contribution is -2.45. The fourth-order valence-corrected chi connectivity index (χ4v) is 3.01. The fraction of sp³-hybridized carbons (Fsp3) is 0.750. The number of aryl methyl sites for hydroxylation is 1. The molecule has 1 aliphatic rings. The molecule has 1 fully saturated rings. The number of aliphatic hydroxyl groups excluding tert-OH is 1. The van der Waals surface area contributed by atoms with Gasteiger partial charge in [-0.25, -0.2) is 4.98 Å². The standard InChI is InChI=1S/C12H19NO2S/c1-9-13-10(8-16-9)7-11(14)12(15)5-3-2-4-6-12/h8,11,14-15H,2-7H2,1H3. The monoisotopic (exact) mass is 241 g/mol. The first-order valence-corrected chi connectivity index (χ1v) is 6.79. The highest BCUT2D eigenvalue weighted by Gasteiger charge is 2.36. The molecule has 0 radical (unpaired) electrons. The highest BCUT2D eigenvalue weighted by molar-refractivity contribution is 7.09. The van der Waals surface area contributed by atoms with Crippen LogP contribution < -0.4 is 0 Å². The number of nitrogens with zero attached hydrogens (tertiary/aromatic N) is 1. The first kappa shape index (κ1) is 12.0. The molecule has 1 aromatic heterocycles. The Morgan fingerprint density at radius 3 is 2.69 bits per heavy atom. The van der Waals surface area contributed by atoms with Crippen molar-refractivity contribution in [3.05, 3.63) is 16.1 Å². The summed E-state index contributed by atoms with van der Waals surface area (Å²) in [5.41, 5.74) is 0.0180. The molecular formula is C12H19NO2S. The molecule has 0 aromatic carbocycles. The van der Waals surface area contributed by atoms with Crippen LogP contribution in [0, 0.1) is 6.92 Å². The summed E-state index contributed by atoms with van der Waals surface area (Å²) in [5.74, 6) is 0. The van der Waals surface area contributed by atoms with Crippen molar-refractivity contribution in [1.29, 1.82) is 0 Å². The summed E-state index contributed by atoms with van der Waals surface area (Å²) in [4.78, 5) is 4.32. The van der Waals surface area contributed by atoms with Crippen LogP contribution in [0.15, 0.2) is 5.38 Å². The van der Waals surface area contributed by atoms with E-state index in [1.165, 1.54) is 6.42 Å². The van der Waals surface area contributed by atoms with Crippen LogP contribution >= 0.6 is 11.3 Å². The molecule has 1 unspecified atom stereocenters. The number of aliphatic hydroxyl groups is 2. The average molecular weight is 241 g/mol. The van der Waals surface area contributed by atoms with Gasteiger partial charge in [0, 0.05) is 11.8 Å². The molecule has 0 bridgehead atoms. The molecule has 3 nitrogen and oxygen atoms in total. The molecule has 1 aliphatic carbocycles. The summed E-state index contributed by atoms with van der Waals surface area (Å²) in [6.45, 7) is 1.95. The molecule has 16 heavy (non-hydrogen) atoms. The third-order valence-corrected chi connectivity index (χ3v) is 4.23. The third kappa shape index (κ3) is 2.62. The second-order valence-electron chi connectivity index (χ2n) is 4.74. The Hall–Kier alpha value is -0.450. The quantitative estimate of drug-likeness (QED) is 0.851. The molecule has 1 atom stereocenters. The fourth-order valence-electron chi connectivity index (χ4n) is 2.39. The molecule has 0 spiro atoms. The summed E-state index contributed by atoms with van der Waals surface area (Å²) in [7, 11) is 0. The van der Waals surface area contributed by atoms with Crippen molar-refractivity contribution < 1.29 is 10.2 Å². The first-order valence-electron chi connectivity index (χ1n) is 5.92. The van der Waals surface area contributed by atoms with Crippen LogP contribution in [-0.2, 0) is 6.42 Å². The van der Waals surface area contributed by atoms with Crippen molar-refractivity contribution in [1.82, 2.24) is 4.98 Å². The Morgan fingerprint density at radius 1 is 1.44 bits per heavy atom. The maximum Gasteiger partial charge on any atom is 0.0909 e. The van der Waals surface area contributed by atoms with E-state index in [1.807, 2.05) is 12.3 Å². The predicted molar refractivity (Wildman–Crippen MR) is 64.6 cm³/mol. The molecule has 0 aliphatic heterocycles. The minimum atomic E-state index is -0.879. The lowest BCUT2D eigenvalue weighted by Gasteiger charge is -2.36. The van der Waals surface area contributed by atoms with Crippen molar-refractivity contribution >= 4 is 11.3 Å². The molecule has 1 heterocycles. The predicted octanol–water partition coefficient (Wildman–Crippen LogP) is 2.05. The SMILES string of the molecule is Cc1nc(CC(O)C2(O)CCCCC2)cs1. The third-order valence-electron chi connectivity index (χ3n) is 3.41. The Morgan fingerprint density at radius 2 is 2.12 bits per heavy atom. The Bertz CT molecular complexity index is 345. The van der Waals surface area contributed by atoms with Crippen molar-refractivity contribution in [3.8, 4) is 0 Å². The van der Waals surface area contributed by atoms with Crippen molar-refractivity contribution in [3.63, 3.8) is 0 Å². The Labute approximate surface area is 100 Å². The van der Waals surface area contributed by atoms with Crippen LogP contribution in [0.25, 0.3) is 0 Å². The summed E-state index contributed by atoms with van der Waals surface area (Å²) < 4.78 is 0. The van der Waals surface area contributed by atoms with Crippen LogP contribution in [0.2, 0.25) is 0 Å². The zero-order valence-electron chi connectivity index (χ0n) is 9.65. The second kappa shape index (κ2) is 4.82. The van der Waals surface area contributed by atoms with Gasteiger partial charge in [0.25, 0.3) is 0 Å². The Balaban J connectivity index is 1.98. The highest BCUT2D eigenvalue weighted by Crippen LogP contribution is 2.32. The molecule has 2 N–H and O–H groups in total. The maximum absolute atomic E-state index is 10.3. The van der Waals surface area contributed by atoms with Gasteiger partial charge in [-0.1, -0.05) is 19.3 Å². The van der Waals surface area contributed by atoms with Gasteiger partial charge < -0.3 is 10.2 Å². The number of rotatable bonds is 3. The van der Waals surface area contributed by atoms with Gasteiger partial charge in [-0.3, -0.25) is 0 Å². The number of aromatic nitrogens is 1. The van der Waals surface area contributed by atoms with Crippen molar-refractivity contribution in [2.45, 2.75) is 57.2 Å². The normalized spacial score (nSPS) is 21.9. The van der Waals surface area contributed by atoms with Gasteiger partial charge in [0.2, 0.25) is 0 Å². The van der Waals surface area contributed by atoms with E-state index < -0.39 is 11.7 Å². The molecule has 1 aromatic rings. The minimum absolute atomic E-state index is 0.473. The zero-order valence-corrected chi connectivity index (χ0v) is 10.5. The van der Waals surface area contributed by atoms with E-state index in [4.69, 9.17) is 0 Å². The van der Waals surface area contributed by atoms with Crippen LogP contribution in [0.3, 0.4) is 0 Å².